The summed E-state index contributed by atoms with van der Waals surface area (Å²) in [5.41, 5.74) is -5.95. The standard InChI is InChI=1S/C75H104F8N12O13/c1-14-22-51-63(99)86-61(43(4)15-2)69(105)90(10)40-59(98)91(11)53-25-18-17-21-32-94(68(53)104)56(35-44-26-29-47(30-27-44)74(78,79)80)67(103)89(9)39-58(97)85-52(31-28-45-33-49(76)60(50(77)34-45)75(81,82)83)65(101)95-38-48(108-16-3)36-54(95)64(100)87-73(41-72(5,6)42-73)71(107)93(13)62(46-23-19-20-24-46)70(106)92(12)55(37-57(96)84-51)66(102)88(7)8/h17-18,26-27,29-30,33-34,43,46,48,51-56,61-62H,14-16,19-25,28,31-32,35-42H2,1-13H3,(H,84,96)(H,85,97)(H,86,99)(H,87,100)/b18-17-/t43-,48+,51-,52-,53-,54-,55-,56-,61-,62-/m0/s1. The second kappa shape index (κ2) is 36.2. The molecular weight excluding hydrogens is 1430 g/mol. The Bertz CT molecular complexity index is 3650. The minimum Gasteiger partial charge on any atom is -0.377 e. The smallest absolute Gasteiger partial charge is 0.377 e. The van der Waals surface area contributed by atoms with Crippen LogP contribution in [-0.2, 0) is 87.5 Å². The topological polar surface area (TPSA) is 288 Å². The molecule has 10 atom stereocenters. The highest BCUT2D eigenvalue weighted by Gasteiger charge is 2.59. The molecule has 2 bridgehead atoms. The van der Waals surface area contributed by atoms with Gasteiger partial charge in [0.05, 0.1) is 31.2 Å². The number of halogens is 8. The van der Waals surface area contributed by atoms with Crippen LogP contribution in [0.2, 0.25) is 0 Å². The lowest BCUT2D eigenvalue weighted by atomic mass is 9.58. The van der Waals surface area contributed by atoms with Crippen molar-refractivity contribution < 1.29 is 97.4 Å². The first-order chi connectivity index (χ1) is 50.5. The summed E-state index contributed by atoms with van der Waals surface area (Å²) >= 11 is 0. The van der Waals surface area contributed by atoms with E-state index >= 15 is 37.5 Å². The third-order valence-electron chi connectivity index (χ3n) is 21.5. The largest absolute Gasteiger partial charge is 0.422 e. The average molecular weight is 1530 g/mol. The van der Waals surface area contributed by atoms with Gasteiger partial charge in [-0.15, -0.1) is 0 Å². The number of likely N-dealkylation sites (N-methyl/N-ethyl adjacent to an activating group) is 6. The fourth-order valence-electron chi connectivity index (χ4n) is 15.6. The Balaban J connectivity index is 1.35. The predicted molar refractivity (Wildman–Crippen MR) is 378 cm³/mol. The number of amides is 12. The SMILES string of the molecule is CCC[C@@H]1NC(=O)C[C@@H](C(=O)N(C)C)N(C)C(=O)[C@H](C2CCCC2)N(C)C(=O)C2(CC(C)(C)C2)NC(=O)[C@@H]2C[C@@H](OCC)CN2C(=O)[C@H](CCc2cc(F)c(C(F)(F)F)c(F)c2)NC(=O)CN(C)C(=O)[C@H](Cc2ccc(C(F)(F)F)cc2)N2CC/C=C\C[C@@H](C2=O)N(C)C(=O)CN(C)C(=O)[C@H]([C@@H](C)CC)NC1=O. The van der Waals surface area contributed by atoms with Gasteiger partial charge in [0.1, 0.15) is 71.1 Å². The zero-order valence-corrected chi connectivity index (χ0v) is 63.7. The molecule has 2 aliphatic carbocycles. The first-order valence-corrected chi connectivity index (χ1v) is 36.8. The Labute approximate surface area is 624 Å². The van der Waals surface area contributed by atoms with Gasteiger partial charge < -0.3 is 65.2 Å². The number of alkyl halides is 6. The van der Waals surface area contributed by atoms with Crippen molar-refractivity contribution in [2.24, 2.45) is 17.3 Å². The molecule has 108 heavy (non-hydrogen) atoms. The quantitative estimate of drug-likeness (QED) is 0.137. The molecule has 4 N–H and O–H groups in total. The second-order valence-electron chi connectivity index (χ2n) is 30.4. The number of rotatable bonds is 13. The molecule has 25 nitrogen and oxygen atoms in total. The number of nitrogens with zero attached hydrogens (tertiary/aromatic N) is 8. The van der Waals surface area contributed by atoms with Crippen LogP contribution in [0, 0.1) is 28.9 Å². The van der Waals surface area contributed by atoms with E-state index < -0.39 is 228 Å². The maximum atomic E-state index is 15.7. The molecule has 3 aliphatic heterocycles. The normalized spacial score (nSPS) is 26.4. The van der Waals surface area contributed by atoms with Gasteiger partial charge in [-0.1, -0.05) is 84.6 Å². The monoisotopic (exact) mass is 1530 g/mol. The van der Waals surface area contributed by atoms with E-state index in [-0.39, 0.29) is 63.8 Å². The summed E-state index contributed by atoms with van der Waals surface area (Å²) in [5, 5.41) is 11.0. The molecule has 33 heteroatoms. The molecule has 0 unspecified atom stereocenters. The lowest BCUT2D eigenvalue weighted by Gasteiger charge is -2.54. The molecule has 12 amide bonds. The van der Waals surface area contributed by atoms with Crippen molar-refractivity contribution in [3.63, 3.8) is 0 Å². The molecule has 4 fully saturated rings. The maximum absolute atomic E-state index is 15.7. The minimum absolute atomic E-state index is 0.0140. The lowest BCUT2D eigenvalue weighted by molar-refractivity contribution is -0.161. The van der Waals surface area contributed by atoms with E-state index in [1.54, 1.807) is 39.8 Å². The summed E-state index contributed by atoms with van der Waals surface area (Å²) in [6.45, 7) is 8.29. The molecule has 1 spiro atoms. The van der Waals surface area contributed by atoms with E-state index in [9.17, 15) is 55.1 Å². The van der Waals surface area contributed by atoms with Gasteiger partial charge in [0.15, 0.2) is 0 Å². The van der Waals surface area contributed by atoms with Gasteiger partial charge in [0.25, 0.3) is 0 Å². The predicted octanol–water partition coefficient (Wildman–Crippen LogP) is 5.79. The first-order valence-electron chi connectivity index (χ1n) is 36.8. The molecule has 2 aromatic carbocycles. The molecule has 2 saturated heterocycles. The Morgan fingerprint density at radius 3 is 1.85 bits per heavy atom. The summed E-state index contributed by atoms with van der Waals surface area (Å²) in [4.78, 5) is 189. The summed E-state index contributed by atoms with van der Waals surface area (Å²) in [6, 6.07) is -7.41. The fourth-order valence-corrected chi connectivity index (χ4v) is 15.6. The van der Waals surface area contributed by atoms with Crippen molar-refractivity contribution in [1.29, 1.82) is 0 Å². The molecule has 7 rings (SSSR count). The van der Waals surface area contributed by atoms with Crippen LogP contribution >= 0.6 is 0 Å². The molecule has 0 aromatic heterocycles. The van der Waals surface area contributed by atoms with E-state index in [0.717, 1.165) is 60.7 Å². The Kier molecular flexibility index (Phi) is 29.0. The van der Waals surface area contributed by atoms with Crippen LogP contribution in [-0.4, -0.2) is 252 Å². The summed E-state index contributed by atoms with van der Waals surface area (Å²) < 4.78 is 120. The van der Waals surface area contributed by atoms with Crippen molar-refractivity contribution in [3.8, 4) is 0 Å². The average Bonchev–Trinajstić information content (AvgIpc) is 0.990. The second-order valence-corrected chi connectivity index (χ2v) is 30.4. The van der Waals surface area contributed by atoms with Gasteiger partial charge in [-0.3, -0.25) is 57.5 Å². The number of carbonyl (C=O) groups is 12. The highest BCUT2D eigenvalue weighted by molar-refractivity contribution is 6.01. The van der Waals surface area contributed by atoms with E-state index in [0.29, 0.717) is 50.7 Å². The van der Waals surface area contributed by atoms with Gasteiger partial charge in [0.2, 0.25) is 70.9 Å². The van der Waals surface area contributed by atoms with Crippen LogP contribution < -0.4 is 21.3 Å². The Morgan fingerprint density at radius 1 is 0.676 bits per heavy atom. The number of benzene rings is 2. The minimum atomic E-state index is -5.46. The number of nitrogens with one attached hydrogen (secondary N) is 4. The third kappa shape index (κ3) is 20.8. The number of hydrogen-bond donors (Lipinski definition) is 4. The molecule has 0 radical (unpaired) electrons. The van der Waals surface area contributed by atoms with E-state index in [2.05, 4.69) is 21.3 Å². The van der Waals surface area contributed by atoms with Crippen LogP contribution in [0.3, 0.4) is 0 Å². The highest BCUT2D eigenvalue weighted by atomic mass is 19.4. The van der Waals surface area contributed by atoms with E-state index in [1.165, 1.54) is 52.1 Å². The molecule has 598 valence electrons. The van der Waals surface area contributed by atoms with Crippen LogP contribution in [0.1, 0.15) is 154 Å². The van der Waals surface area contributed by atoms with Crippen molar-refractivity contribution in [2.75, 3.05) is 82.1 Å². The summed E-state index contributed by atoms with van der Waals surface area (Å²) in [7, 11) is 9.26. The molecule has 2 saturated carbocycles. The van der Waals surface area contributed by atoms with Gasteiger partial charge >= 0.3 is 12.4 Å². The van der Waals surface area contributed by atoms with Gasteiger partial charge in [-0.2, -0.15) is 26.3 Å². The van der Waals surface area contributed by atoms with Crippen molar-refractivity contribution in [3.05, 3.63) is 82.4 Å². The van der Waals surface area contributed by atoms with Crippen molar-refractivity contribution in [2.45, 2.75) is 217 Å². The summed E-state index contributed by atoms with van der Waals surface area (Å²) in [5.74, 6) is -15.3. The Morgan fingerprint density at radius 2 is 1.29 bits per heavy atom. The molecule has 2 aromatic rings. The highest BCUT2D eigenvalue weighted by Crippen LogP contribution is 2.50. The van der Waals surface area contributed by atoms with E-state index in [1.807, 2.05) is 13.8 Å². The zero-order chi connectivity index (χ0) is 80.4. The zero-order valence-electron chi connectivity index (χ0n) is 63.7. The first kappa shape index (κ1) is 86.5. The number of hydrogen-bond acceptors (Lipinski definition) is 13. The summed E-state index contributed by atoms with van der Waals surface area (Å²) in [6.07, 6.45) is -7.73. The third-order valence-corrected chi connectivity index (χ3v) is 21.5. The molecule has 3 heterocycles. The van der Waals surface area contributed by atoms with Gasteiger partial charge in [-0.05, 0) is 117 Å². The molecular formula is C75H104F8N12O13. The van der Waals surface area contributed by atoms with E-state index in [4.69, 9.17) is 4.74 Å². The van der Waals surface area contributed by atoms with Gasteiger partial charge in [-0.25, -0.2) is 8.78 Å². The fraction of sp³-hybridized carbons (Fsp3) is 0.653. The van der Waals surface area contributed by atoms with Crippen LogP contribution in [0.15, 0.2) is 48.6 Å². The number of carbonyl (C=O) groups excluding carboxylic acids is 12. The Hall–Kier alpha value is -8.78. The molecule has 5 aliphatic rings. The van der Waals surface area contributed by atoms with Crippen molar-refractivity contribution >= 4 is 70.9 Å². The number of aryl methyl sites for hydroxylation is 1. The lowest BCUT2D eigenvalue weighted by Crippen LogP contribution is -2.71. The van der Waals surface area contributed by atoms with Crippen LogP contribution in [0.25, 0.3) is 0 Å². The van der Waals surface area contributed by atoms with Gasteiger partial charge in [0, 0.05) is 81.9 Å². The number of ether oxygens (including phenoxy) is 1. The maximum Gasteiger partial charge on any atom is 0.422 e. The van der Waals surface area contributed by atoms with Crippen LogP contribution in [0.4, 0.5) is 35.1 Å². The van der Waals surface area contributed by atoms with Crippen molar-refractivity contribution in [1.82, 2.24) is 60.5 Å². The number of fused-ring (bicyclic) bond motifs is 3. The van der Waals surface area contributed by atoms with Crippen LogP contribution in [0.5, 0.6) is 0 Å².